The maximum absolute atomic E-state index is 13.1. The smallest absolute Gasteiger partial charge is 0.264 e. The van der Waals surface area contributed by atoms with Gasteiger partial charge in [-0.2, -0.15) is 5.26 Å². The molecule has 6 heteroatoms. The lowest BCUT2D eigenvalue weighted by Gasteiger charge is -2.36. The first-order chi connectivity index (χ1) is 15.5. The molecule has 4 rings (SSSR count). The number of piperidine rings is 1. The number of amides is 1. The molecule has 2 saturated heterocycles. The van der Waals surface area contributed by atoms with E-state index in [-0.39, 0.29) is 11.5 Å². The number of rotatable bonds is 5. The minimum absolute atomic E-state index is 0.151. The van der Waals surface area contributed by atoms with Gasteiger partial charge in [-0.05, 0) is 94.6 Å². The van der Waals surface area contributed by atoms with Crippen LogP contribution in [0.5, 0.6) is 5.75 Å². The molecule has 1 amide bonds. The topological polar surface area (TPSA) is 61.5 Å². The summed E-state index contributed by atoms with van der Waals surface area (Å²) in [5.74, 6) is 0.656. The fourth-order valence-electron chi connectivity index (χ4n) is 5.07. The maximum Gasteiger partial charge on any atom is 0.264 e. The van der Waals surface area contributed by atoms with Gasteiger partial charge in [-0.15, -0.1) is 0 Å². The van der Waals surface area contributed by atoms with Crippen molar-refractivity contribution in [3.63, 3.8) is 0 Å². The highest BCUT2D eigenvalue weighted by molar-refractivity contribution is 6.01. The van der Waals surface area contributed by atoms with Gasteiger partial charge in [-0.3, -0.25) is 4.79 Å². The number of ether oxygens (including phenoxy) is 1. The first-order valence-electron chi connectivity index (χ1n) is 11.5. The van der Waals surface area contributed by atoms with Gasteiger partial charge in [-0.1, -0.05) is 0 Å². The van der Waals surface area contributed by atoms with Gasteiger partial charge in [-0.25, -0.2) is 0 Å². The van der Waals surface area contributed by atoms with Crippen LogP contribution in [0.25, 0.3) is 11.8 Å². The van der Waals surface area contributed by atoms with Crippen LogP contribution in [-0.2, 0) is 4.79 Å². The first kappa shape index (κ1) is 22.2. The van der Waals surface area contributed by atoms with E-state index in [1.807, 2.05) is 49.1 Å². The van der Waals surface area contributed by atoms with Crippen molar-refractivity contribution in [2.45, 2.75) is 45.6 Å². The Hall–Kier alpha value is -3.04. The highest BCUT2D eigenvalue weighted by Gasteiger charge is 2.29. The van der Waals surface area contributed by atoms with Crippen LogP contribution in [0.1, 0.15) is 42.6 Å². The number of nitrogens with zero attached hydrogens (tertiary/aromatic N) is 4. The Kier molecular flexibility index (Phi) is 6.66. The molecule has 0 aliphatic carbocycles. The number of likely N-dealkylation sites (tertiary alicyclic amines) is 2. The van der Waals surface area contributed by atoms with Crippen molar-refractivity contribution in [3.05, 3.63) is 52.9 Å². The van der Waals surface area contributed by atoms with Crippen LogP contribution in [0.4, 0.5) is 0 Å². The van der Waals surface area contributed by atoms with Crippen LogP contribution in [0.3, 0.4) is 0 Å². The third-order valence-corrected chi connectivity index (χ3v) is 6.86. The Morgan fingerprint density at radius 2 is 1.75 bits per heavy atom. The molecule has 2 aromatic rings. The van der Waals surface area contributed by atoms with Gasteiger partial charge < -0.3 is 19.1 Å². The zero-order chi connectivity index (χ0) is 22.7. The summed E-state index contributed by atoms with van der Waals surface area (Å²) in [7, 11) is 1.65. The van der Waals surface area contributed by atoms with Gasteiger partial charge >= 0.3 is 0 Å². The number of aromatic nitrogens is 1. The zero-order valence-electron chi connectivity index (χ0n) is 19.3. The van der Waals surface area contributed by atoms with E-state index in [4.69, 9.17) is 4.74 Å². The lowest BCUT2D eigenvalue weighted by atomic mass is 10.0. The number of hydrogen-bond acceptors (Lipinski definition) is 4. The van der Waals surface area contributed by atoms with Crippen LogP contribution in [-0.4, -0.2) is 59.6 Å². The molecule has 2 aliphatic heterocycles. The number of nitriles is 1. The van der Waals surface area contributed by atoms with E-state index in [9.17, 15) is 10.1 Å². The number of hydrogen-bond donors (Lipinski definition) is 0. The van der Waals surface area contributed by atoms with Crippen LogP contribution in [0.2, 0.25) is 0 Å². The van der Waals surface area contributed by atoms with E-state index < -0.39 is 0 Å². The van der Waals surface area contributed by atoms with Crippen molar-refractivity contribution in [2.24, 2.45) is 0 Å². The van der Waals surface area contributed by atoms with E-state index in [0.29, 0.717) is 6.04 Å². The van der Waals surface area contributed by atoms with Crippen LogP contribution >= 0.6 is 0 Å². The summed E-state index contributed by atoms with van der Waals surface area (Å²) in [6.07, 6.45) is 6.31. The van der Waals surface area contributed by atoms with E-state index in [1.165, 1.54) is 25.9 Å². The molecule has 1 aromatic heterocycles. The highest BCUT2D eigenvalue weighted by atomic mass is 16.5. The molecule has 0 N–H and O–H groups in total. The lowest BCUT2D eigenvalue weighted by Crippen LogP contribution is -2.46. The van der Waals surface area contributed by atoms with Crippen molar-refractivity contribution in [1.82, 2.24) is 14.4 Å². The summed E-state index contributed by atoms with van der Waals surface area (Å²) >= 11 is 0. The lowest BCUT2D eigenvalue weighted by molar-refractivity contribution is -0.128. The summed E-state index contributed by atoms with van der Waals surface area (Å²) in [5, 5.41) is 9.76. The average molecular weight is 433 g/mol. The molecule has 3 heterocycles. The molecule has 0 bridgehead atoms. The number of benzene rings is 1. The summed E-state index contributed by atoms with van der Waals surface area (Å²) in [5.41, 5.74) is 4.18. The predicted octanol–water partition coefficient (Wildman–Crippen LogP) is 4.10. The van der Waals surface area contributed by atoms with Crippen molar-refractivity contribution in [3.8, 4) is 17.5 Å². The Morgan fingerprint density at radius 1 is 1.09 bits per heavy atom. The van der Waals surface area contributed by atoms with Crippen LogP contribution in [0, 0.1) is 25.2 Å². The molecule has 168 valence electrons. The second-order valence-corrected chi connectivity index (χ2v) is 8.80. The molecular formula is C26H32N4O2. The number of aryl methyl sites for hydroxylation is 1. The van der Waals surface area contributed by atoms with E-state index in [1.54, 1.807) is 13.2 Å². The van der Waals surface area contributed by atoms with Gasteiger partial charge in [0, 0.05) is 36.2 Å². The molecule has 0 atom stereocenters. The van der Waals surface area contributed by atoms with E-state index >= 15 is 0 Å². The fourth-order valence-corrected chi connectivity index (χ4v) is 5.07. The molecule has 6 nitrogen and oxygen atoms in total. The molecule has 2 fully saturated rings. The molecule has 0 radical (unpaired) electrons. The third-order valence-electron chi connectivity index (χ3n) is 6.86. The van der Waals surface area contributed by atoms with Gasteiger partial charge in [0.25, 0.3) is 5.91 Å². The fraction of sp³-hybridized carbons (Fsp3) is 0.462. The molecule has 1 aromatic carbocycles. The zero-order valence-corrected chi connectivity index (χ0v) is 19.3. The Morgan fingerprint density at radius 3 is 2.34 bits per heavy atom. The molecular weight excluding hydrogens is 400 g/mol. The molecule has 0 saturated carbocycles. The van der Waals surface area contributed by atoms with Crippen molar-refractivity contribution < 1.29 is 9.53 Å². The van der Waals surface area contributed by atoms with Gasteiger partial charge in [0.05, 0.1) is 7.11 Å². The number of carbonyl (C=O) groups is 1. The molecule has 32 heavy (non-hydrogen) atoms. The molecule has 2 aliphatic rings. The quantitative estimate of drug-likeness (QED) is 0.527. The molecule has 0 unspecified atom stereocenters. The monoisotopic (exact) mass is 432 g/mol. The second kappa shape index (κ2) is 9.62. The van der Waals surface area contributed by atoms with Crippen molar-refractivity contribution in [2.75, 3.05) is 33.3 Å². The van der Waals surface area contributed by atoms with Gasteiger partial charge in [0.15, 0.2) is 0 Å². The van der Waals surface area contributed by atoms with Crippen LogP contribution in [0.15, 0.2) is 35.9 Å². The minimum Gasteiger partial charge on any atom is -0.497 e. The summed E-state index contributed by atoms with van der Waals surface area (Å²) in [6, 6.07) is 12.6. The van der Waals surface area contributed by atoms with Crippen LogP contribution < -0.4 is 4.74 Å². The average Bonchev–Trinajstić information content (AvgIpc) is 3.45. The third kappa shape index (κ3) is 4.44. The SMILES string of the molecule is COc1ccc(-n2c(C)cc(/C=C(/C#N)C(=O)N3CCC(N4CCCC4)CC3)c2C)cc1. The number of carbonyl (C=O) groups excluding carboxylic acids is 1. The molecule has 0 spiro atoms. The first-order valence-corrected chi connectivity index (χ1v) is 11.5. The second-order valence-electron chi connectivity index (χ2n) is 8.80. The van der Waals surface area contributed by atoms with Gasteiger partial charge in [0.1, 0.15) is 17.4 Å². The normalized spacial score (nSPS) is 18.1. The summed E-state index contributed by atoms with van der Waals surface area (Å²) in [4.78, 5) is 17.5. The Balaban J connectivity index is 1.50. The standard InChI is InChI=1S/C26H32N4O2/c1-19-16-21(20(2)30(19)24-6-8-25(32-3)9-7-24)17-22(18-27)26(31)29-14-10-23(11-15-29)28-12-4-5-13-28/h6-9,16-17,23H,4-5,10-15H2,1-3H3/b22-17-. The Bertz CT molecular complexity index is 1030. The number of methoxy groups -OCH3 is 1. The van der Waals surface area contributed by atoms with E-state index in [2.05, 4.69) is 15.5 Å². The highest BCUT2D eigenvalue weighted by Crippen LogP contribution is 2.26. The van der Waals surface area contributed by atoms with Crippen molar-refractivity contribution in [1.29, 1.82) is 5.26 Å². The maximum atomic E-state index is 13.1. The predicted molar refractivity (Wildman–Crippen MR) is 126 cm³/mol. The van der Waals surface area contributed by atoms with Crippen molar-refractivity contribution >= 4 is 12.0 Å². The van der Waals surface area contributed by atoms with Gasteiger partial charge in [0.2, 0.25) is 0 Å². The summed E-state index contributed by atoms with van der Waals surface area (Å²) in [6.45, 7) is 7.88. The largest absolute Gasteiger partial charge is 0.497 e. The van der Waals surface area contributed by atoms with E-state index in [0.717, 1.165) is 54.3 Å². The summed E-state index contributed by atoms with van der Waals surface area (Å²) < 4.78 is 7.39. The minimum atomic E-state index is -0.151. The Labute approximate surface area is 190 Å².